The van der Waals surface area contributed by atoms with Crippen molar-refractivity contribution in [3.05, 3.63) is 52.7 Å². The lowest BCUT2D eigenvalue weighted by Gasteiger charge is -2.07. The van der Waals surface area contributed by atoms with Crippen molar-refractivity contribution in [3.8, 4) is 5.88 Å². The average molecular weight is 323 g/mol. The van der Waals surface area contributed by atoms with Crippen molar-refractivity contribution >= 4 is 21.6 Å². The molecule has 98 valence electrons. The van der Waals surface area contributed by atoms with Crippen molar-refractivity contribution in [2.75, 3.05) is 6.61 Å². The Morgan fingerprint density at radius 2 is 2.11 bits per heavy atom. The molecule has 2 aromatic rings. The second kappa shape index (κ2) is 5.46. The first kappa shape index (κ1) is 12.3. The molecule has 1 unspecified atom stereocenters. The number of ether oxygens (including phenoxy) is 1. The summed E-state index contributed by atoms with van der Waals surface area (Å²) in [6, 6.07) is 9.64. The molecule has 2 heterocycles. The van der Waals surface area contributed by atoms with E-state index in [0.29, 0.717) is 12.5 Å². The van der Waals surface area contributed by atoms with E-state index in [9.17, 15) is 0 Å². The van der Waals surface area contributed by atoms with Gasteiger partial charge >= 0.3 is 0 Å². The zero-order valence-electron chi connectivity index (χ0n) is 9.88. The minimum Gasteiger partial charge on any atom is -0.472 e. The molecule has 1 aromatic heterocycles. The standard InChI is InChI=1S/C13H11BrN2O3/c14-10-3-1-9(2-4-10)12-7-11(19-15-12)8-17-13-5-6-18-16-13/h1-7,11,15H,8H2. The molecule has 1 aliphatic rings. The predicted octanol–water partition coefficient (Wildman–Crippen LogP) is 2.76. The first-order valence-corrected chi connectivity index (χ1v) is 6.53. The van der Waals surface area contributed by atoms with Crippen LogP contribution in [0.4, 0.5) is 0 Å². The van der Waals surface area contributed by atoms with Crippen LogP contribution in [0, 0.1) is 0 Å². The Morgan fingerprint density at radius 1 is 1.26 bits per heavy atom. The van der Waals surface area contributed by atoms with Crippen LogP contribution in [0.5, 0.6) is 5.88 Å². The Balaban J connectivity index is 1.62. The van der Waals surface area contributed by atoms with Crippen LogP contribution in [0.1, 0.15) is 5.56 Å². The van der Waals surface area contributed by atoms with Crippen molar-refractivity contribution in [1.29, 1.82) is 0 Å². The molecular weight excluding hydrogens is 312 g/mol. The first-order chi connectivity index (χ1) is 9.31. The third-order valence-corrected chi connectivity index (χ3v) is 3.17. The van der Waals surface area contributed by atoms with Crippen LogP contribution in [0.2, 0.25) is 0 Å². The molecule has 0 aliphatic carbocycles. The predicted molar refractivity (Wildman–Crippen MR) is 72.1 cm³/mol. The van der Waals surface area contributed by atoms with E-state index in [0.717, 1.165) is 15.7 Å². The highest BCUT2D eigenvalue weighted by Gasteiger charge is 2.18. The van der Waals surface area contributed by atoms with E-state index < -0.39 is 0 Å². The Morgan fingerprint density at radius 3 is 2.84 bits per heavy atom. The SMILES string of the molecule is Brc1ccc(C2=CC(COc3ccon3)ON2)cc1. The second-order valence-electron chi connectivity index (χ2n) is 3.99. The van der Waals surface area contributed by atoms with Crippen LogP contribution < -0.4 is 10.2 Å². The third kappa shape index (κ3) is 2.97. The lowest BCUT2D eigenvalue weighted by atomic mass is 10.1. The highest BCUT2D eigenvalue weighted by atomic mass is 79.9. The van der Waals surface area contributed by atoms with Gasteiger partial charge in [-0.3, -0.25) is 10.3 Å². The summed E-state index contributed by atoms with van der Waals surface area (Å²) in [6.07, 6.45) is 3.28. The fraction of sp³-hybridized carbons (Fsp3) is 0.154. The number of halogens is 1. The van der Waals surface area contributed by atoms with Crippen LogP contribution in [0.3, 0.4) is 0 Å². The molecule has 0 saturated heterocycles. The molecule has 1 aliphatic heterocycles. The van der Waals surface area contributed by atoms with E-state index in [1.807, 2.05) is 30.3 Å². The minimum atomic E-state index is -0.157. The normalized spacial score (nSPS) is 17.9. The van der Waals surface area contributed by atoms with Gasteiger partial charge in [0, 0.05) is 10.5 Å². The number of nitrogens with zero attached hydrogens (tertiary/aromatic N) is 1. The van der Waals surface area contributed by atoms with Gasteiger partial charge in [-0.1, -0.05) is 28.1 Å². The van der Waals surface area contributed by atoms with Crippen molar-refractivity contribution in [3.63, 3.8) is 0 Å². The van der Waals surface area contributed by atoms with Gasteiger partial charge < -0.3 is 9.26 Å². The van der Waals surface area contributed by atoms with Gasteiger partial charge in [0.15, 0.2) is 0 Å². The molecule has 1 N–H and O–H groups in total. The summed E-state index contributed by atoms with van der Waals surface area (Å²) in [5.41, 5.74) is 4.89. The van der Waals surface area contributed by atoms with Gasteiger partial charge in [-0.2, -0.15) is 0 Å². The van der Waals surface area contributed by atoms with Crippen molar-refractivity contribution in [2.24, 2.45) is 0 Å². The summed E-state index contributed by atoms with van der Waals surface area (Å²) in [5.74, 6) is 0.453. The molecule has 1 atom stereocenters. The topological polar surface area (TPSA) is 56.5 Å². The molecule has 0 fully saturated rings. The van der Waals surface area contributed by atoms with Crippen molar-refractivity contribution < 1.29 is 14.1 Å². The monoisotopic (exact) mass is 322 g/mol. The van der Waals surface area contributed by atoms with E-state index in [4.69, 9.17) is 9.57 Å². The molecule has 0 amide bonds. The largest absolute Gasteiger partial charge is 0.472 e. The second-order valence-corrected chi connectivity index (χ2v) is 4.91. The van der Waals surface area contributed by atoms with E-state index in [-0.39, 0.29) is 6.10 Å². The highest BCUT2D eigenvalue weighted by molar-refractivity contribution is 9.10. The summed E-state index contributed by atoms with van der Waals surface area (Å²) in [4.78, 5) is 5.41. The summed E-state index contributed by atoms with van der Waals surface area (Å²) < 4.78 is 11.1. The molecule has 0 bridgehead atoms. The van der Waals surface area contributed by atoms with Gasteiger partial charge in [0.25, 0.3) is 5.88 Å². The van der Waals surface area contributed by atoms with E-state index >= 15 is 0 Å². The number of benzene rings is 1. The summed E-state index contributed by atoms with van der Waals surface area (Å²) >= 11 is 3.41. The van der Waals surface area contributed by atoms with Gasteiger partial charge in [-0.25, -0.2) is 0 Å². The maximum absolute atomic E-state index is 5.41. The Hall–Kier alpha value is -1.79. The molecular formula is C13H11BrN2O3. The number of rotatable bonds is 4. The molecule has 3 rings (SSSR count). The summed E-state index contributed by atoms with van der Waals surface area (Å²) in [7, 11) is 0. The Labute approximate surface area is 118 Å². The molecule has 0 saturated carbocycles. The van der Waals surface area contributed by atoms with Crippen LogP contribution in [-0.2, 0) is 4.84 Å². The van der Waals surface area contributed by atoms with Crippen LogP contribution >= 0.6 is 15.9 Å². The number of hydrogen-bond acceptors (Lipinski definition) is 5. The first-order valence-electron chi connectivity index (χ1n) is 5.74. The third-order valence-electron chi connectivity index (χ3n) is 2.64. The fourth-order valence-electron chi connectivity index (χ4n) is 1.70. The molecule has 5 nitrogen and oxygen atoms in total. The van der Waals surface area contributed by atoms with Crippen LogP contribution in [0.25, 0.3) is 5.70 Å². The number of hydrogen-bond donors (Lipinski definition) is 1. The molecule has 0 spiro atoms. The minimum absolute atomic E-state index is 0.157. The van der Waals surface area contributed by atoms with E-state index in [1.54, 1.807) is 6.07 Å². The number of aromatic nitrogens is 1. The fourth-order valence-corrected chi connectivity index (χ4v) is 1.97. The van der Waals surface area contributed by atoms with Crippen molar-refractivity contribution in [1.82, 2.24) is 10.6 Å². The quantitative estimate of drug-likeness (QED) is 0.938. The summed E-state index contributed by atoms with van der Waals surface area (Å²) in [5, 5.41) is 3.67. The van der Waals surface area contributed by atoms with Crippen LogP contribution in [0.15, 0.2) is 51.7 Å². The van der Waals surface area contributed by atoms with Gasteiger partial charge in [0.2, 0.25) is 0 Å². The smallest absolute Gasteiger partial charge is 0.254 e. The lowest BCUT2D eigenvalue weighted by molar-refractivity contribution is 0.0219. The maximum atomic E-state index is 5.41. The lowest BCUT2D eigenvalue weighted by Crippen LogP contribution is -2.19. The Bertz CT molecular complexity index is 566. The van der Waals surface area contributed by atoms with E-state index in [2.05, 4.69) is 31.1 Å². The zero-order chi connectivity index (χ0) is 13.1. The highest BCUT2D eigenvalue weighted by Crippen LogP contribution is 2.21. The number of nitrogens with one attached hydrogen (secondary N) is 1. The van der Waals surface area contributed by atoms with Gasteiger partial charge in [-0.15, -0.1) is 0 Å². The summed E-state index contributed by atoms with van der Waals surface area (Å²) in [6.45, 7) is 0.375. The van der Waals surface area contributed by atoms with Gasteiger partial charge in [0.05, 0.1) is 5.70 Å². The van der Waals surface area contributed by atoms with E-state index in [1.165, 1.54) is 6.26 Å². The molecule has 1 aromatic carbocycles. The van der Waals surface area contributed by atoms with Gasteiger partial charge in [0.1, 0.15) is 19.0 Å². The Kier molecular flexibility index (Phi) is 3.52. The van der Waals surface area contributed by atoms with Gasteiger partial charge in [-0.05, 0) is 28.9 Å². The maximum Gasteiger partial charge on any atom is 0.254 e. The van der Waals surface area contributed by atoms with Crippen LogP contribution in [-0.4, -0.2) is 17.9 Å². The molecule has 0 radical (unpaired) electrons. The molecule has 6 heteroatoms. The zero-order valence-corrected chi connectivity index (χ0v) is 11.5. The number of hydroxylamine groups is 1. The average Bonchev–Trinajstić information content (AvgIpc) is 3.09. The molecule has 19 heavy (non-hydrogen) atoms. The van der Waals surface area contributed by atoms with Crippen molar-refractivity contribution in [2.45, 2.75) is 6.10 Å².